The minimum Gasteiger partial charge on any atom is -0.368 e. The Morgan fingerprint density at radius 2 is 2.08 bits per heavy atom. The SMILES string of the molecule is c1ccc(-c2csc(C3CN(Cc4cccnc4)CCO3)n2)cc1. The van der Waals surface area contributed by atoms with Crippen LogP contribution < -0.4 is 0 Å². The molecule has 0 N–H and O–H groups in total. The number of ether oxygens (including phenoxy) is 1. The lowest BCUT2D eigenvalue weighted by molar-refractivity contribution is -0.0329. The van der Waals surface area contributed by atoms with Crippen molar-refractivity contribution in [3.8, 4) is 11.3 Å². The van der Waals surface area contributed by atoms with Crippen molar-refractivity contribution < 1.29 is 4.74 Å². The number of benzene rings is 1. The topological polar surface area (TPSA) is 38.2 Å². The van der Waals surface area contributed by atoms with Crippen LogP contribution in [-0.4, -0.2) is 34.6 Å². The molecule has 1 atom stereocenters. The average molecular weight is 337 g/mol. The minimum atomic E-state index is 0.0536. The summed E-state index contributed by atoms with van der Waals surface area (Å²) in [6.45, 7) is 3.47. The molecule has 0 saturated carbocycles. The monoisotopic (exact) mass is 337 g/mol. The molecule has 0 spiro atoms. The van der Waals surface area contributed by atoms with Crippen LogP contribution in [0.1, 0.15) is 16.7 Å². The summed E-state index contributed by atoms with van der Waals surface area (Å²) in [6, 6.07) is 14.4. The molecule has 24 heavy (non-hydrogen) atoms. The molecule has 1 aromatic carbocycles. The molecule has 4 rings (SSSR count). The van der Waals surface area contributed by atoms with Gasteiger partial charge in [-0.15, -0.1) is 11.3 Å². The van der Waals surface area contributed by atoms with Crippen molar-refractivity contribution in [2.75, 3.05) is 19.7 Å². The van der Waals surface area contributed by atoms with Crippen molar-refractivity contribution in [2.45, 2.75) is 12.6 Å². The smallest absolute Gasteiger partial charge is 0.124 e. The Morgan fingerprint density at radius 3 is 2.92 bits per heavy atom. The highest BCUT2D eigenvalue weighted by Gasteiger charge is 2.24. The zero-order chi connectivity index (χ0) is 16.2. The van der Waals surface area contributed by atoms with Gasteiger partial charge in [0.05, 0.1) is 12.3 Å². The Morgan fingerprint density at radius 1 is 1.17 bits per heavy atom. The highest BCUT2D eigenvalue weighted by molar-refractivity contribution is 7.10. The van der Waals surface area contributed by atoms with E-state index in [-0.39, 0.29) is 6.10 Å². The van der Waals surface area contributed by atoms with Crippen molar-refractivity contribution >= 4 is 11.3 Å². The molecular formula is C19H19N3OS. The Labute approximate surface area is 145 Å². The van der Waals surface area contributed by atoms with Crippen LogP contribution in [0.25, 0.3) is 11.3 Å². The summed E-state index contributed by atoms with van der Waals surface area (Å²) in [7, 11) is 0. The maximum absolute atomic E-state index is 5.97. The molecule has 3 aromatic rings. The highest BCUT2D eigenvalue weighted by Crippen LogP contribution is 2.29. The molecule has 0 aliphatic carbocycles. The van der Waals surface area contributed by atoms with E-state index >= 15 is 0 Å². The summed E-state index contributed by atoms with van der Waals surface area (Å²) < 4.78 is 5.97. The van der Waals surface area contributed by atoms with E-state index in [1.165, 1.54) is 5.56 Å². The molecule has 5 heteroatoms. The van der Waals surface area contributed by atoms with Gasteiger partial charge in [0.25, 0.3) is 0 Å². The molecule has 1 fully saturated rings. The molecule has 1 saturated heterocycles. The first-order valence-electron chi connectivity index (χ1n) is 8.12. The Kier molecular flexibility index (Phi) is 4.64. The molecule has 0 bridgehead atoms. The Balaban J connectivity index is 1.45. The van der Waals surface area contributed by atoms with Gasteiger partial charge in [0.1, 0.15) is 11.1 Å². The zero-order valence-corrected chi connectivity index (χ0v) is 14.2. The van der Waals surface area contributed by atoms with Crippen LogP contribution >= 0.6 is 11.3 Å². The quantitative estimate of drug-likeness (QED) is 0.726. The standard InChI is InChI=1S/C19H19N3OS/c1-2-6-16(7-3-1)17-14-24-19(21-17)18-13-22(9-10-23-18)12-15-5-4-8-20-11-15/h1-8,11,14,18H,9-10,12-13H2. The van der Waals surface area contributed by atoms with Crippen LogP contribution in [0.2, 0.25) is 0 Å². The van der Waals surface area contributed by atoms with Crippen LogP contribution in [0.3, 0.4) is 0 Å². The first-order valence-corrected chi connectivity index (χ1v) is 9.00. The van der Waals surface area contributed by atoms with Gasteiger partial charge in [-0.25, -0.2) is 4.98 Å². The van der Waals surface area contributed by atoms with Gasteiger partial charge in [-0.1, -0.05) is 36.4 Å². The van der Waals surface area contributed by atoms with Gasteiger partial charge in [0.2, 0.25) is 0 Å². The number of hydrogen-bond donors (Lipinski definition) is 0. The third-order valence-electron chi connectivity index (χ3n) is 4.15. The van der Waals surface area contributed by atoms with Gasteiger partial charge in [-0.3, -0.25) is 9.88 Å². The summed E-state index contributed by atoms with van der Waals surface area (Å²) in [5.74, 6) is 0. The van der Waals surface area contributed by atoms with E-state index in [2.05, 4.69) is 33.5 Å². The number of nitrogens with zero attached hydrogens (tertiary/aromatic N) is 3. The molecule has 1 aliphatic heterocycles. The summed E-state index contributed by atoms with van der Waals surface area (Å²) in [5.41, 5.74) is 3.42. The summed E-state index contributed by atoms with van der Waals surface area (Å²) in [4.78, 5) is 11.4. The molecule has 1 unspecified atom stereocenters. The van der Waals surface area contributed by atoms with Crippen LogP contribution in [0.5, 0.6) is 0 Å². The van der Waals surface area contributed by atoms with Gasteiger partial charge in [-0.2, -0.15) is 0 Å². The number of pyridine rings is 1. The maximum Gasteiger partial charge on any atom is 0.124 e. The van der Waals surface area contributed by atoms with Gasteiger partial charge in [0, 0.05) is 43.0 Å². The third kappa shape index (κ3) is 3.53. The van der Waals surface area contributed by atoms with E-state index in [1.807, 2.05) is 36.7 Å². The van der Waals surface area contributed by atoms with Crippen molar-refractivity contribution in [1.82, 2.24) is 14.9 Å². The fourth-order valence-corrected chi connectivity index (χ4v) is 3.79. The first kappa shape index (κ1) is 15.4. The molecule has 0 amide bonds. The first-order chi connectivity index (χ1) is 11.9. The van der Waals surface area contributed by atoms with E-state index in [0.717, 1.165) is 42.5 Å². The number of morpholine rings is 1. The van der Waals surface area contributed by atoms with Crippen LogP contribution in [-0.2, 0) is 11.3 Å². The molecular weight excluding hydrogens is 318 g/mol. The Hall–Kier alpha value is -2.08. The van der Waals surface area contributed by atoms with Gasteiger partial charge < -0.3 is 4.74 Å². The largest absolute Gasteiger partial charge is 0.368 e. The highest BCUT2D eigenvalue weighted by atomic mass is 32.1. The van der Waals surface area contributed by atoms with Crippen molar-refractivity contribution in [1.29, 1.82) is 0 Å². The second-order valence-corrected chi connectivity index (χ2v) is 6.78. The van der Waals surface area contributed by atoms with Crippen molar-refractivity contribution in [3.63, 3.8) is 0 Å². The lowest BCUT2D eigenvalue weighted by Gasteiger charge is -2.31. The molecule has 1 aliphatic rings. The van der Waals surface area contributed by atoms with E-state index in [4.69, 9.17) is 9.72 Å². The Bertz CT molecular complexity index is 776. The predicted molar refractivity (Wildman–Crippen MR) is 95.8 cm³/mol. The van der Waals surface area contributed by atoms with Crippen molar-refractivity contribution in [2.24, 2.45) is 0 Å². The van der Waals surface area contributed by atoms with E-state index in [1.54, 1.807) is 11.3 Å². The molecule has 3 heterocycles. The zero-order valence-electron chi connectivity index (χ0n) is 13.3. The lowest BCUT2D eigenvalue weighted by Crippen LogP contribution is -2.37. The third-order valence-corrected chi connectivity index (χ3v) is 5.08. The van der Waals surface area contributed by atoms with Crippen LogP contribution in [0.4, 0.5) is 0 Å². The summed E-state index contributed by atoms with van der Waals surface area (Å²) >= 11 is 1.68. The average Bonchev–Trinajstić information content (AvgIpc) is 3.14. The van der Waals surface area contributed by atoms with E-state index in [0.29, 0.717) is 0 Å². The normalized spacial score (nSPS) is 18.6. The predicted octanol–water partition coefficient (Wildman–Crippen LogP) is 3.78. The minimum absolute atomic E-state index is 0.0536. The lowest BCUT2D eigenvalue weighted by atomic mass is 10.2. The van der Waals surface area contributed by atoms with E-state index in [9.17, 15) is 0 Å². The molecule has 4 nitrogen and oxygen atoms in total. The summed E-state index contributed by atoms with van der Waals surface area (Å²) in [5, 5.41) is 3.18. The molecule has 0 radical (unpaired) electrons. The second-order valence-electron chi connectivity index (χ2n) is 5.89. The number of hydrogen-bond acceptors (Lipinski definition) is 5. The summed E-state index contributed by atoms with van der Waals surface area (Å²) in [6.07, 6.45) is 3.80. The number of rotatable bonds is 4. The second kappa shape index (κ2) is 7.21. The van der Waals surface area contributed by atoms with Crippen molar-refractivity contribution in [3.05, 3.63) is 70.8 Å². The van der Waals surface area contributed by atoms with E-state index < -0.39 is 0 Å². The number of thiazole rings is 1. The number of aromatic nitrogens is 2. The van der Waals surface area contributed by atoms with Gasteiger partial charge in [0.15, 0.2) is 0 Å². The molecule has 122 valence electrons. The fraction of sp³-hybridized carbons (Fsp3) is 0.263. The fourth-order valence-electron chi connectivity index (χ4n) is 2.92. The molecule has 2 aromatic heterocycles. The van der Waals surface area contributed by atoms with Gasteiger partial charge >= 0.3 is 0 Å². The van der Waals surface area contributed by atoms with Crippen LogP contribution in [0.15, 0.2) is 60.2 Å². The van der Waals surface area contributed by atoms with Crippen LogP contribution in [0, 0.1) is 0 Å². The maximum atomic E-state index is 5.97. The van der Waals surface area contributed by atoms with Gasteiger partial charge in [-0.05, 0) is 11.6 Å².